The fourth-order valence-electron chi connectivity index (χ4n) is 1.35. The predicted molar refractivity (Wildman–Crippen MR) is 64.7 cm³/mol. The molecule has 0 fully saturated rings. The summed E-state index contributed by atoms with van der Waals surface area (Å²) in [5, 5.41) is 2.56. The van der Waals surface area contributed by atoms with Gasteiger partial charge in [0.05, 0.1) is 5.69 Å². The van der Waals surface area contributed by atoms with Crippen LogP contribution in [0.4, 0.5) is 14.5 Å². The largest absolute Gasteiger partial charge is 0.433 e. The monoisotopic (exact) mass is 258 g/mol. The summed E-state index contributed by atoms with van der Waals surface area (Å²) in [6.45, 7) is 0.597. The Bertz CT molecular complexity index is 425. The predicted octanol–water partition coefficient (Wildman–Crippen LogP) is 2.13. The highest BCUT2D eigenvalue weighted by atomic mass is 19.3. The third-order valence-corrected chi connectivity index (χ3v) is 2.50. The van der Waals surface area contributed by atoms with Gasteiger partial charge in [-0.1, -0.05) is 19.1 Å². The summed E-state index contributed by atoms with van der Waals surface area (Å²) in [6.07, 6.45) is 0. The van der Waals surface area contributed by atoms with Gasteiger partial charge in [-0.25, -0.2) is 0 Å². The minimum atomic E-state index is -2.94. The van der Waals surface area contributed by atoms with Crippen LogP contribution in [0.3, 0.4) is 0 Å². The highest BCUT2D eigenvalue weighted by Gasteiger charge is 2.16. The molecule has 0 aliphatic rings. The van der Waals surface area contributed by atoms with E-state index in [9.17, 15) is 13.6 Å². The lowest BCUT2D eigenvalue weighted by molar-refractivity contribution is -0.119. The molecule has 18 heavy (non-hydrogen) atoms. The number of nitrogens with one attached hydrogen (secondary N) is 1. The lowest BCUT2D eigenvalue weighted by Gasteiger charge is -2.16. The minimum Gasteiger partial charge on any atom is -0.433 e. The van der Waals surface area contributed by atoms with Crippen molar-refractivity contribution in [2.24, 2.45) is 11.7 Å². The molecule has 1 aromatic carbocycles. The molecule has 0 heterocycles. The maximum Gasteiger partial charge on any atom is 0.387 e. The van der Waals surface area contributed by atoms with E-state index < -0.39 is 12.5 Å². The zero-order chi connectivity index (χ0) is 13.7. The number of hydrogen-bond donors (Lipinski definition) is 2. The SMILES string of the molecule is Cc1cccc(OC(F)F)c1NC(=O)C(C)CN. The van der Waals surface area contributed by atoms with Crippen LogP contribution in [0.25, 0.3) is 0 Å². The molecule has 1 amide bonds. The van der Waals surface area contributed by atoms with E-state index in [1.165, 1.54) is 6.07 Å². The number of carbonyl (C=O) groups is 1. The lowest BCUT2D eigenvalue weighted by Crippen LogP contribution is -2.27. The Morgan fingerprint density at radius 1 is 1.50 bits per heavy atom. The van der Waals surface area contributed by atoms with Crippen LogP contribution in [-0.2, 0) is 4.79 Å². The molecular weight excluding hydrogens is 242 g/mol. The molecule has 0 aliphatic carbocycles. The Hall–Kier alpha value is -1.69. The van der Waals surface area contributed by atoms with Crippen molar-refractivity contribution < 1.29 is 18.3 Å². The summed E-state index contributed by atoms with van der Waals surface area (Å²) < 4.78 is 28.8. The van der Waals surface area contributed by atoms with E-state index in [1.54, 1.807) is 26.0 Å². The van der Waals surface area contributed by atoms with Gasteiger partial charge in [0.1, 0.15) is 5.75 Å². The summed E-state index contributed by atoms with van der Waals surface area (Å²) in [5.41, 5.74) is 6.27. The fraction of sp³-hybridized carbons (Fsp3) is 0.417. The molecule has 1 atom stereocenters. The van der Waals surface area contributed by atoms with Crippen LogP contribution >= 0.6 is 0 Å². The number of benzene rings is 1. The second kappa shape index (κ2) is 6.30. The van der Waals surface area contributed by atoms with Gasteiger partial charge in [0.15, 0.2) is 0 Å². The number of hydrogen-bond acceptors (Lipinski definition) is 3. The zero-order valence-corrected chi connectivity index (χ0v) is 10.2. The quantitative estimate of drug-likeness (QED) is 0.850. The van der Waals surface area contributed by atoms with Crippen molar-refractivity contribution in [3.63, 3.8) is 0 Å². The van der Waals surface area contributed by atoms with Crippen molar-refractivity contribution in [3.05, 3.63) is 23.8 Å². The molecule has 1 aromatic rings. The number of halogens is 2. The first-order valence-corrected chi connectivity index (χ1v) is 5.51. The Balaban J connectivity index is 2.95. The van der Waals surface area contributed by atoms with Gasteiger partial charge in [0.2, 0.25) is 5.91 Å². The highest BCUT2D eigenvalue weighted by molar-refractivity contribution is 5.94. The fourth-order valence-corrected chi connectivity index (χ4v) is 1.35. The van der Waals surface area contributed by atoms with Crippen molar-refractivity contribution in [3.8, 4) is 5.75 Å². The molecule has 0 aromatic heterocycles. The molecule has 0 aliphatic heterocycles. The second-order valence-electron chi connectivity index (χ2n) is 3.95. The van der Waals surface area contributed by atoms with E-state index in [4.69, 9.17) is 5.73 Å². The van der Waals surface area contributed by atoms with Crippen molar-refractivity contribution in [2.45, 2.75) is 20.5 Å². The Labute approximate surface area is 104 Å². The van der Waals surface area contributed by atoms with Gasteiger partial charge < -0.3 is 15.8 Å². The Kier molecular flexibility index (Phi) is 5.03. The number of anilines is 1. The number of aryl methyl sites for hydroxylation is 1. The van der Waals surface area contributed by atoms with E-state index in [2.05, 4.69) is 10.1 Å². The van der Waals surface area contributed by atoms with Crippen molar-refractivity contribution >= 4 is 11.6 Å². The maximum absolute atomic E-state index is 12.2. The average Bonchev–Trinajstić information content (AvgIpc) is 2.31. The lowest BCUT2D eigenvalue weighted by atomic mass is 10.1. The topological polar surface area (TPSA) is 64.3 Å². The van der Waals surface area contributed by atoms with Crippen LogP contribution in [0.5, 0.6) is 5.75 Å². The normalized spacial score (nSPS) is 12.3. The average molecular weight is 258 g/mol. The maximum atomic E-state index is 12.2. The number of nitrogens with two attached hydrogens (primary N) is 1. The van der Waals surface area contributed by atoms with E-state index in [-0.39, 0.29) is 23.9 Å². The molecule has 1 unspecified atom stereocenters. The zero-order valence-electron chi connectivity index (χ0n) is 10.2. The van der Waals surface area contributed by atoms with Crippen LogP contribution in [0, 0.1) is 12.8 Å². The summed E-state index contributed by atoms with van der Waals surface area (Å²) >= 11 is 0. The molecule has 1 rings (SSSR count). The van der Waals surface area contributed by atoms with Gasteiger partial charge in [-0.2, -0.15) is 8.78 Å². The van der Waals surface area contributed by atoms with Gasteiger partial charge in [-0.05, 0) is 18.6 Å². The molecule has 0 saturated heterocycles. The van der Waals surface area contributed by atoms with Gasteiger partial charge in [0, 0.05) is 12.5 Å². The van der Waals surface area contributed by atoms with E-state index in [1.807, 2.05) is 0 Å². The van der Waals surface area contributed by atoms with Crippen LogP contribution in [-0.4, -0.2) is 19.1 Å². The van der Waals surface area contributed by atoms with Gasteiger partial charge in [-0.3, -0.25) is 4.79 Å². The summed E-state index contributed by atoms with van der Waals surface area (Å²) in [7, 11) is 0. The van der Waals surface area contributed by atoms with Gasteiger partial charge in [-0.15, -0.1) is 0 Å². The molecule has 0 radical (unpaired) electrons. The first-order chi connectivity index (χ1) is 8.45. The van der Waals surface area contributed by atoms with Gasteiger partial charge in [0.25, 0.3) is 0 Å². The molecule has 6 heteroatoms. The third-order valence-electron chi connectivity index (χ3n) is 2.50. The first kappa shape index (κ1) is 14.4. The molecule has 0 saturated carbocycles. The summed E-state index contributed by atoms with van der Waals surface area (Å²) in [5.74, 6) is -0.780. The molecular formula is C12H16F2N2O2. The molecule has 100 valence electrons. The number of rotatable bonds is 5. The number of amides is 1. The summed E-state index contributed by atoms with van der Waals surface area (Å²) in [6, 6.07) is 4.65. The van der Waals surface area contributed by atoms with E-state index >= 15 is 0 Å². The van der Waals surface area contributed by atoms with Gasteiger partial charge >= 0.3 is 6.61 Å². The number of ether oxygens (including phenoxy) is 1. The van der Waals surface area contributed by atoms with Crippen molar-refractivity contribution in [1.29, 1.82) is 0 Å². The summed E-state index contributed by atoms with van der Waals surface area (Å²) in [4.78, 5) is 11.7. The standard InChI is InChI=1S/C12H16F2N2O2/c1-7-4-3-5-9(18-12(13)14)10(7)16-11(17)8(2)6-15/h3-5,8,12H,6,15H2,1-2H3,(H,16,17). The number of para-hydroxylation sites is 1. The molecule has 0 spiro atoms. The van der Waals surface area contributed by atoms with Crippen LogP contribution in [0.15, 0.2) is 18.2 Å². The minimum absolute atomic E-state index is 0.0532. The smallest absolute Gasteiger partial charge is 0.387 e. The Morgan fingerprint density at radius 3 is 2.72 bits per heavy atom. The number of alkyl halides is 2. The van der Waals surface area contributed by atoms with Crippen LogP contribution in [0.1, 0.15) is 12.5 Å². The second-order valence-corrected chi connectivity index (χ2v) is 3.95. The molecule has 0 bridgehead atoms. The van der Waals surface area contributed by atoms with E-state index in [0.29, 0.717) is 5.56 Å². The number of carbonyl (C=O) groups excluding carboxylic acids is 1. The van der Waals surface area contributed by atoms with Crippen molar-refractivity contribution in [1.82, 2.24) is 0 Å². The van der Waals surface area contributed by atoms with Crippen molar-refractivity contribution in [2.75, 3.05) is 11.9 Å². The van der Waals surface area contributed by atoms with E-state index in [0.717, 1.165) is 0 Å². The first-order valence-electron chi connectivity index (χ1n) is 5.51. The third kappa shape index (κ3) is 3.66. The Morgan fingerprint density at radius 2 is 2.17 bits per heavy atom. The van der Waals surface area contributed by atoms with Crippen LogP contribution < -0.4 is 15.8 Å². The molecule has 4 nitrogen and oxygen atoms in total. The van der Waals surface area contributed by atoms with Crippen LogP contribution in [0.2, 0.25) is 0 Å². The highest BCUT2D eigenvalue weighted by Crippen LogP contribution is 2.29. The molecule has 3 N–H and O–H groups in total.